The number of benzene rings is 1. The van der Waals surface area contributed by atoms with Gasteiger partial charge < -0.3 is 19.9 Å². The fourth-order valence-electron chi connectivity index (χ4n) is 3.06. The van der Waals surface area contributed by atoms with Crippen LogP contribution in [0.5, 0.6) is 11.5 Å². The van der Waals surface area contributed by atoms with Crippen LogP contribution < -0.4 is 14.8 Å². The summed E-state index contributed by atoms with van der Waals surface area (Å²) >= 11 is 0. The van der Waals surface area contributed by atoms with Crippen LogP contribution in [0, 0.1) is 5.92 Å². The highest BCUT2D eigenvalue weighted by Gasteiger charge is 2.36. The summed E-state index contributed by atoms with van der Waals surface area (Å²) in [7, 11) is 3.09. The first-order valence-corrected chi connectivity index (χ1v) is 8.23. The van der Waals surface area contributed by atoms with E-state index in [1.807, 2.05) is 18.2 Å². The van der Waals surface area contributed by atoms with E-state index in [9.17, 15) is 9.90 Å². The topological polar surface area (TPSA) is 80.7 Å². The Balaban J connectivity index is 1.83. The molecule has 0 spiro atoms. The molecule has 0 aliphatic heterocycles. The molecular weight excluding hydrogens is 320 g/mol. The molecule has 0 radical (unpaired) electrons. The number of carbonyl (C=O) groups excluding carboxylic acids is 1. The number of pyridine rings is 1. The number of ether oxygens (including phenoxy) is 2. The zero-order valence-electron chi connectivity index (χ0n) is 14.3. The maximum Gasteiger partial charge on any atom is 0.252 e. The van der Waals surface area contributed by atoms with Crippen LogP contribution >= 0.6 is 0 Å². The van der Waals surface area contributed by atoms with Gasteiger partial charge in [-0.25, -0.2) is 0 Å². The summed E-state index contributed by atoms with van der Waals surface area (Å²) in [5.74, 6) is 1.05. The molecule has 1 aromatic heterocycles. The van der Waals surface area contributed by atoms with Gasteiger partial charge in [-0.05, 0) is 43.0 Å². The molecule has 25 heavy (non-hydrogen) atoms. The summed E-state index contributed by atoms with van der Waals surface area (Å²) in [5.41, 5.74) is 1.25. The van der Waals surface area contributed by atoms with Gasteiger partial charge in [-0.1, -0.05) is 6.07 Å². The summed E-state index contributed by atoms with van der Waals surface area (Å²) in [4.78, 5) is 17.2. The van der Waals surface area contributed by atoms with E-state index in [1.165, 1.54) is 0 Å². The van der Waals surface area contributed by atoms with Crippen molar-refractivity contribution >= 4 is 5.91 Å². The average Bonchev–Trinajstić information content (AvgIpc) is 2.63. The second-order valence-corrected chi connectivity index (χ2v) is 6.19. The van der Waals surface area contributed by atoms with Crippen LogP contribution in [-0.4, -0.2) is 36.3 Å². The van der Waals surface area contributed by atoms with Gasteiger partial charge in [-0.15, -0.1) is 0 Å². The Bertz CT molecular complexity index is 707. The summed E-state index contributed by atoms with van der Waals surface area (Å²) in [6.45, 7) is 0. The number of nitrogens with zero attached hydrogens (tertiary/aromatic N) is 1. The maximum atomic E-state index is 12.8. The van der Waals surface area contributed by atoms with Crippen LogP contribution in [0.2, 0.25) is 0 Å². The first-order valence-electron chi connectivity index (χ1n) is 8.23. The number of hydrogen-bond acceptors (Lipinski definition) is 5. The van der Waals surface area contributed by atoms with Crippen molar-refractivity contribution in [2.75, 3.05) is 14.2 Å². The molecule has 132 valence electrons. The third kappa shape index (κ3) is 3.91. The lowest BCUT2D eigenvalue weighted by Gasteiger charge is -2.37. The Morgan fingerprint density at radius 2 is 1.88 bits per heavy atom. The molecule has 0 bridgehead atoms. The minimum Gasteiger partial charge on any atom is -0.497 e. The van der Waals surface area contributed by atoms with E-state index in [0.29, 0.717) is 29.9 Å². The molecule has 1 aliphatic rings. The van der Waals surface area contributed by atoms with E-state index >= 15 is 0 Å². The van der Waals surface area contributed by atoms with Crippen molar-refractivity contribution in [3.8, 4) is 11.5 Å². The zero-order valence-corrected chi connectivity index (χ0v) is 14.3. The lowest BCUT2D eigenvalue weighted by molar-refractivity contribution is 0.0228. The first-order chi connectivity index (χ1) is 12.1. The van der Waals surface area contributed by atoms with Gasteiger partial charge in [0.2, 0.25) is 0 Å². The minimum absolute atomic E-state index is 0.168. The van der Waals surface area contributed by atoms with Crippen LogP contribution in [0.25, 0.3) is 0 Å². The molecule has 0 unspecified atom stereocenters. The Morgan fingerprint density at radius 1 is 1.20 bits per heavy atom. The van der Waals surface area contributed by atoms with E-state index < -0.39 is 0 Å². The smallest absolute Gasteiger partial charge is 0.252 e. The van der Waals surface area contributed by atoms with Crippen LogP contribution in [0.4, 0.5) is 0 Å². The molecule has 1 fully saturated rings. The Morgan fingerprint density at radius 3 is 2.40 bits per heavy atom. The zero-order chi connectivity index (χ0) is 17.8. The third-order valence-corrected chi connectivity index (χ3v) is 4.53. The molecule has 6 heteroatoms. The Kier molecular flexibility index (Phi) is 5.19. The number of hydrogen-bond donors (Lipinski definition) is 2. The third-order valence-electron chi connectivity index (χ3n) is 4.53. The molecule has 2 N–H and O–H groups in total. The van der Waals surface area contributed by atoms with Crippen LogP contribution in [-0.2, 0) is 0 Å². The largest absolute Gasteiger partial charge is 0.497 e. The standard InChI is InChI=1S/C19H22N2O4/c1-24-15-9-13(10-16(11-15)25-2)19(23)21-18(12-7-14(22)8-12)17-5-3-4-6-20-17/h3-6,9-12,14,18,22H,7-8H2,1-2H3,(H,21,23)/t12?,14?,18-/m1/s1. The number of aliphatic hydroxyl groups excluding tert-OH is 1. The number of rotatable bonds is 6. The molecule has 1 atom stereocenters. The van der Waals surface area contributed by atoms with Crippen molar-refractivity contribution in [3.63, 3.8) is 0 Å². The van der Waals surface area contributed by atoms with Crippen LogP contribution in [0.1, 0.15) is 34.9 Å². The van der Waals surface area contributed by atoms with Gasteiger partial charge in [0.1, 0.15) is 11.5 Å². The molecule has 6 nitrogen and oxygen atoms in total. The average molecular weight is 342 g/mol. The van der Waals surface area contributed by atoms with Crippen molar-refractivity contribution < 1.29 is 19.4 Å². The predicted octanol–water partition coefficient (Wildman–Crippen LogP) is 2.34. The highest BCUT2D eigenvalue weighted by atomic mass is 16.5. The van der Waals surface area contributed by atoms with E-state index in [0.717, 1.165) is 5.69 Å². The maximum absolute atomic E-state index is 12.8. The predicted molar refractivity (Wildman–Crippen MR) is 92.7 cm³/mol. The van der Waals surface area contributed by atoms with Gasteiger partial charge in [0.05, 0.1) is 32.1 Å². The van der Waals surface area contributed by atoms with Crippen molar-refractivity contribution in [2.45, 2.75) is 25.0 Å². The summed E-state index contributed by atoms with van der Waals surface area (Å²) < 4.78 is 10.5. The molecule has 1 saturated carbocycles. The number of amides is 1. The van der Waals surface area contributed by atoms with E-state index in [1.54, 1.807) is 38.6 Å². The highest BCUT2D eigenvalue weighted by Crippen LogP contribution is 2.37. The summed E-state index contributed by atoms with van der Waals surface area (Å²) in [5, 5.41) is 12.7. The Hall–Kier alpha value is -2.60. The number of aromatic nitrogens is 1. The van der Waals surface area contributed by atoms with E-state index in [4.69, 9.17) is 9.47 Å². The number of aliphatic hydroxyl groups is 1. The normalized spacial score (nSPS) is 20.3. The van der Waals surface area contributed by atoms with Gasteiger partial charge in [0, 0.05) is 17.8 Å². The molecule has 1 heterocycles. The number of nitrogens with one attached hydrogen (secondary N) is 1. The van der Waals surface area contributed by atoms with E-state index in [-0.39, 0.29) is 24.0 Å². The lowest BCUT2D eigenvalue weighted by Crippen LogP contribution is -2.41. The highest BCUT2D eigenvalue weighted by molar-refractivity contribution is 5.95. The van der Waals surface area contributed by atoms with Crippen LogP contribution in [0.15, 0.2) is 42.6 Å². The fraction of sp³-hybridized carbons (Fsp3) is 0.368. The monoisotopic (exact) mass is 342 g/mol. The molecule has 1 aromatic carbocycles. The van der Waals surface area contributed by atoms with Gasteiger partial charge in [0.15, 0.2) is 0 Å². The van der Waals surface area contributed by atoms with Crippen molar-refractivity contribution in [1.29, 1.82) is 0 Å². The summed E-state index contributed by atoms with van der Waals surface area (Å²) in [6, 6.07) is 10.4. The quantitative estimate of drug-likeness (QED) is 0.842. The molecule has 3 rings (SSSR count). The number of methoxy groups -OCH3 is 2. The second-order valence-electron chi connectivity index (χ2n) is 6.19. The molecule has 0 saturated heterocycles. The van der Waals surface area contributed by atoms with Crippen molar-refractivity contribution in [3.05, 3.63) is 53.9 Å². The SMILES string of the molecule is COc1cc(OC)cc(C(=O)N[C@@H](c2ccccn2)C2CC(O)C2)c1. The number of carbonyl (C=O) groups is 1. The fourth-order valence-corrected chi connectivity index (χ4v) is 3.06. The van der Waals surface area contributed by atoms with Crippen molar-refractivity contribution in [2.24, 2.45) is 5.92 Å². The molecular formula is C19H22N2O4. The minimum atomic E-state index is -0.301. The van der Waals surface area contributed by atoms with Gasteiger partial charge in [-0.2, -0.15) is 0 Å². The summed E-state index contributed by atoms with van der Waals surface area (Å²) in [6.07, 6.45) is 2.72. The first kappa shape index (κ1) is 17.2. The molecule has 1 amide bonds. The van der Waals surface area contributed by atoms with Gasteiger partial charge in [0.25, 0.3) is 5.91 Å². The van der Waals surface area contributed by atoms with Crippen LogP contribution in [0.3, 0.4) is 0 Å². The second kappa shape index (κ2) is 7.53. The van der Waals surface area contributed by atoms with E-state index in [2.05, 4.69) is 10.3 Å². The lowest BCUT2D eigenvalue weighted by atomic mass is 9.76. The Labute approximate surface area is 146 Å². The van der Waals surface area contributed by atoms with Crippen molar-refractivity contribution in [1.82, 2.24) is 10.3 Å². The molecule has 2 aromatic rings. The van der Waals surface area contributed by atoms with Gasteiger partial charge >= 0.3 is 0 Å². The molecule has 1 aliphatic carbocycles. The van der Waals surface area contributed by atoms with Gasteiger partial charge in [-0.3, -0.25) is 9.78 Å².